The summed E-state index contributed by atoms with van der Waals surface area (Å²) in [6, 6.07) is 13.0. The van der Waals surface area contributed by atoms with Crippen molar-refractivity contribution in [2.24, 2.45) is 0 Å². The molecule has 0 aliphatic carbocycles. The molecule has 3 rings (SSSR count). The molecule has 0 spiro atoms. The first-order valence-electron chi connectivity index (χ1n) is 5.63. The minimum atomic E-state index is -0.346. The Kier molecular flexibility index (Phi) is 3.10. The second kappa shape index (κ2) is 4.77. The van der Waals surface area contributed by atoms with Gasteiger partial charge >= 0.3 is 0 Å². The summed E-state index contributed by atoms with van der Waals surface area (Å²) in [5.41, 5.74) is 1.10. The Balaban J connectivity index is 2.09. The van der Waals surface area contributed by atoms with Gasteiger partial charge in [-0.25, -0.2) is 4.39 Å². The van der Waals surface area contributed by atoms with Crippen LogP contribution in [0.25, 0.3) is 11.0 Å². The summed E-state index contributed by atoms with van der Waals surface area (Å²) in [5.74, 6) is -0.312. The predicted octanol–water partition coefficient (Wildman–Crippen LogP) is 4.41. The van der Waals surface area contributed by atoms with E-state index in [2.05, 4.69) is 22.6 Å². The number of benzene rings is 2. The molecule has 0 N–H and O–H groups in total. The van der Waals surface area contributed by atoms with Gasteiger partial charge in [-0.3, -0.25) is 4.79 Å². The summed E-state index contributed by atoms with van der Waals surface area (Å²) < 4.78 is 19.4. The maximum absolute atomic E-state index is 13.1. The quantitative estimate of drug-likeness (QED) is 0.497. The molecule has 0 atom stereocenters. The Hall–Kier alpha value is -1.69. The van der Waals surface area contributed by atoms with Crippen molar-refractivity contribution >= 4 is 39.3 Å². The largest absolute Gasteiger partial charge is 0.453 e. The highest BCUT2D eigenvalue weighted by atomic mass is 127. The van der Waals surface area contributed by atoms with E-state index in [4.69, 9.17) is 4.42 Å². The summed E-state index contributed by atoms with van der Waals surface area (Å²) in [5, 5.41) is 0.592. The molecule has 2 nitrogen and oxygen atoms in total. The standard InChI is InChI=1S/C15H8FIO2/c16-10-5-6-13-9(7-10)8-14(19-13)15(18)11-3-1-2-4-12(11)17/h1-8H. The molecule has 1 aromatic heterocycles. The van der Waals surface area contributed by atoms with Gasteiger partial charge in [0.05, 0.1) is 0 Å². The molecule has 19 heavy (non-hydrogen) atoms. The minimum absolute atomic E-state index is 0.193. The molecular formula is C15H8FIO2. The van der Waals surface area contributed by atoms with E-state index >= 15 is 0 Å². The van der Waals surface area contributed by atoms with Crippen LogP contribution in [0, 0.1) is 9.39 Å². The van der Waals surface area contributed by atoms with E-state index in [1.807, 2.05) is 12.1 Å². The van der Waals surface area contributed by atoms with Gasteiger partial charge in [0.25, 0.3) is 0 Å². The first kappa shape index (κ1) is 12.3. The topological polar surface area (TPSA) is 30.2 Å². The van der Waals surface area contributed by atoms with Crippen LogP contribution in [0.5, 0.6) is 0 Å². The Labute approximate surface area is 122 Å². The van der Waals surface area contributed by atoms with Gasteiger partial charge in [-0.2, -0.15) is 0 Å². The van der Waals surface area contributed by atoms with E-state index in [-0.39, 0.29) is 17.4 Å². The van der Waals surface area contributed by atoms with Crippen molar-refractivity contribution in [3.63, 3.8) is 0 Å². The SMILES string of the molecule is O=C(c1cc2cc(F)ccc2o1)c1ccccc1I. The van der Waals surface area contributed by atoms with E-state index in [0.29, 0.717) is 16.5 Å². The minimum Gasteiger partial charge on any atom is -0.453 e. The zero-order chi connectivity index (χ0) is 13.4. The molecule has 4 heteroatoms. The van der Waals surface area contributed by atoms with Crippen molar-refractivity contribution in [3.8, 4) is 0 Å². The average molecular weight is 366 g/mol. The van der Waals surface area contributed by atoms with Crippen LogP contribution in [0.4, 0.5) is 4.39 Å². The summed E-state index contributed by atoms with van der Waals surface area (Å²) in [6.45, 7) is 0. The van der Waals surface area contributed by atoms with E-state index < -0.39 is 0 Å². The van der Waals surface area contributed by atoms with Crippen LogP contribution in [0.15, 0.2) is 52.9 Å². The van der Waals surface area contributed by atoms with Gasteiger partial charge in [0.2, 0.25) is 5.78 Å². The fourth-order valence-electron chi connectivity index (χ4n) is 1.90. The van der Waals surface area contributed by atoms with Crippen molar-refractivity contribution < 1.29 is 13.6 Å². The van der Waals surface area contributed by atoms with Gasteiger partial charge in [0.15, 0.2) is 5.76 Å². The van der Waals surface area contributed by atoms with Gasteiger partial charge in [0, 0.05) is 14.5 Å². The van der Waals surface area contributed by atoms with E-state index in [1.165, 1.54) is 18.2 Å². The number of halogens is 2. The maximum atomic E-state index is 13.1. The van der Waals surface area contributed by atoms with Crippen LogP contribution in [0.3, 0.4) is 0 Å². The number of carbonyl (C=O) groups is 1. The van der Waals surface area contributed by atoms with E-state index in [9.17, 15) is 9.18 Å². The van der Waals surface area contributed by atoms with Crippen LogP contribution in [-0.4, -0.2) is 5.78 Å². The average Bonchev–Trinajstić information content (AvgIpc) is 2.81. The molecule has 0 saturated carbocycles. The lowest BCUT2D eigenvalue weighted by Gasteiger charge is -1.99. The molecule has 0 saturated heterocycles. The van der Waals surface area contributed by atoms with E-state index in [1.54, 1.807) is 18.2 Å². The second-order valence-corrected chi connectivity index (χ2v) is 5.26. The Morgan fingerprint density at radius 3 is 2.68 bits per heavy atom. The lowest BCUT2D eigenvalue weighted by Crippen LogP contribution is -2.01. The Bertz CT molecular complexity index is 777. The molecule has 3 aromatic rings. The molecular weight excluding hydrogens is 358 g/mol. The van der Waals surface area contributed by atoms with Crippen LogP contribution in [-0.2, 0) is 0 Å². The Morgan fingerprint density at radius 1 is 1.11 bits per heavy atom. The molecule has 0 aliphatic rings. The lowest BCUT2D eigenvalue weighted by atomic mass is 10.1. The zero-order valence-corrected chi connectivity index (χ0v) is 11.8. The molecule has 0 aliphatic heterocycles. The molecule has 0 fully saturated rings. The predicted molar refractivity (Wildman–Crippen MR) is 78.8 cm³/mol. The van der Waals surface area contributed by atoms with Gasteiger partial charge in [-0.1, -0.05) is 12.1 Å². The highest BCUT2D eigenvalue weighted by molar-refractivity contribution is 14.1. The third-order valence-corrected chi connectivity index (χ3v) is 3.76. The molecule has 0 bridgehead atoms. The van der Waals surface area contributed by atoms with Gasteiger partial charge in [-0.15, -0.1) is 0 Å². The number of furan rings is 1. The molecule has 0 amide bonds. The van der Waals surface area contributed by atoms with Crippen molar-refractivity contribution in [2.75, 3.05) is 0 Å². The van der Waals surface area contributed by atoms with Crippen molar-refractivity contribution in [3.05, 3.63) is 69.2 Å². The summed E-state index contributed by atoms with van der Waals surface area (Å²) >= 11 is 2.10. The van der Waals surface area contributed by atoms with Crippen molar-refractivity contribution in [1.82, 2.24) is 0 Å². The number of hydrogen-bond acceptors (Lipinski definition) is 2. The van der Waals surface area contributed by atoms with Crippen LogP contribution in [0.1, 0.15) is 16.1 Å². The van der Waals surface area contributed by atoms with Gasteiger partial charge in [0.1, 0.15) is 11.4 Å². The highest BCUT2D eigenvalue weighted by Crippen LogP contribution is 2.23. The number of ketones is 1. The maximum Gasteiger partial charge on any atom is 0.229 e. The van der Waals surface area contributed by atoms with Crippen LogP contribution in [0.2, 0.25) is 0 Å². The molecule has 1 heterocycles. The third kappa shape index (κ3) is 2.28. The van der Waals surface area contributed by atoms with Crippen molar-refractivity contribution in [1.29, 1.82) is 0 Å². The monoisotopic (exact) mass is 366 g/mol. The molecule has 0 radical (unpaired) electrons. The summed E-state index contributed by atoms with van der Waals surface area (Å²) in [6.07, 6.45) is 0. The fraction of sp³-hybridized carbons (Fsp3) is 0. The highest BCUT2D eigenvalue weighted by Gasteiger charge is 2.16. The number of fused-ring (bicyclic) bond motifs is 1. The Morgan fingerprint density at radius 2 is 1.89 bits per heavy atom. The van der Waals surface area contributed by atoms with E-state index in [0.717, 1.165) is 3.57 Å². The summed E-state index contributed by atoms with van der Waals surface area (Å²) in [4.78, 5) is 12.3. The zero-order valence-electron chi connectivity index (χ0n) is 9.69. The first-order valence-corrected chi connectivity index (χ1v) is 6.71. The van der Waals surface area contributed by atoms with Crippen molar-refractivity contribution in [2.45, 2.75) is 0 Å². The number of hydrogen-bond donors (Lipinski definition) is 0. The molecule has 94 valence electrons. The van der Waals surface area contributed by atoms with Crippen LogP contribution >= 0.6 is 22.6 Å². The molecule has 0 unspecified atom stereocenters. The first-order chi connectivity index (χ1) is 9.15. The fourth-order valence-corrected chi connectivity index (χ4v) is 2.54. The van der Waals surface area contributed by atoms with Gasteiger partial charge < -0.3 is 4.42 Å². The normalized spacial score (nSPS) is 10.8. The number of rotatable bonds is 2. The second-order valence-electron chi connectivity index (χ2n) is 4.10. The number of carbonyl (C=O) groups excluding carboxylic acids is 1. The smallest absolute Gasteiger partial charge is 0.229 e. The summed E-state index contributed by atoms with van der Waals surface area (Å²) in [7, 11) is 0. The van der Waals surface area contributed by atoms with Gasteiger partial charge in [-0.05, 0) is 59.0 Å². The van der Waals surface area contributed by atoms with Crippen LogP contribution < -0.4 is 0 Å². The molecule has 2 aromatic carbocycles. The lowest BCUT2D eigenvalue weighted by molar-refractivity contribution is 0.101. The third-order valence-electron chi connectivity index (χ3n) is 2.82.